The SMILES string of the molecule is C=NC(N)=NSCc1ncc(-c2cccc(Cl)c2)o1. The van der Waals surface area contributed by atoms with Gasteiger partial charge in [-0.1, -0.05) is 23.7 Å². The Bertz CT molecular complexity index is 611. The summed E-state index contributed by atoms with van der Waals surface area (Å²) in [5, 5.41) is 0.652. The molecule has 98 valence electrons. The van der Waals surface area contributed by atoms with Crippen LogP contribution in [-0.2, 0) is 5.75 Å². The first-order chi connectivity index (χ1) is 9.19. The van der Waals surface area contributed by atoms with Gasteiger partial charge in [-0.05, 0) is 30.8 Å². The zero-order valence-electron chi connectivity index (χ0n) is 9.91. The van der Waals surface area contributed by atoms with Gasteiger partial charge < -0.3 is 10.2 Å². The Hall–Kier alpha value is -1.79. The molecular weight excluding hydrogens is 284 g/mol. The monoisotopic (exact) mass is 294 g/mol. The number of aromatic nitrogens is 1. The normalized spacial score (nSPS) is 11.5. The smallest absolute Gasteiger partial charge is 0.226 e. The second kappa shape index (κ2) is 6.40. The van der Waals surface area contributed by atoms with Crippen LogP contribution in [-0.4, -0.2) is 17.7 Å². The number of hydrogen-bond donors (Lipinski definition) is 1. The lowest BCUT2D eigenvalue weighted by molar-refractivity contribution is 0.530. The first-order valence-corrected chi connectivity index (χ1v) is 6.64. The van der Waals surface area contributed by atoms with E-state index in [1.807, 2.05) is 18.2 Å². The van der Waals surface area contributed by atoms with Crippen LogP contribution in [0.1, 0.15) is 5.89 Å². The standard InChI is InChI=1S/C12H11ClN4OS/c1-15-12(14)17-19-7-11-16-6-10(18-11)8-3-2-4-9(13)5-8/h2-6H,1,7H2,(H2,14,17). The Morgan fingerprint density at radius 2 is 2.37 bits per heavy atom. The number of oxazole rings is 1. The number of guanidine groups is 1. The lowest BCUT2D eigenvalue weighted by Gasteiger charge is -1.96. The van der Waals surface area contributed by atoms with Crippen LogP contribution >= 0.6 is 23.5 Å². The summed E-state index contributed by atoms with van der Waals surface area (Å²) in [5.41, 5.74) is 6.27. The summed E-state index contributed by atoms with van der Waals surface area (Å²) in [4.78, 5) is 7.63. The average Bonchev–Trinajstić information content (AvgIpc) is 2.87. The van der Waals surface area contributed by atoms with Crippen LogP contribution in [0.25, 0.3) is 11.3 Å². The van der Waals surface area contributed by atoms with E-state index in [2.05, 4.69) is 21.1 Å². The first kappa shape index (κ1) is 13.6. The maximum absolute atomic E-state index is 5.92. The van der Waals surface area contributed by atoms with Crippen LogP contribution in [0.4, 0.5) is 0 Å². The van der Waals surface area contributed by atoms with Crippen molar-refractivity contribution in [2.45, 2.75) is 5.75 Å². The average molecular weight is 295 g/mol. The molecule has 0 atom stereocenters. The van der Waals surface area contributed by atoms with Crippen LogP contribution < -0.4 is 5.73 Å². The van der Waals surface area contributed by atoms with Gasteiger partial charge in [0.15, 0.2) is 5.76 Å². The van der Waals surface area contributed by atoms with Crippen molar-refractivity contribution >= 4 is 36.2 Å². The zero-order chi connectivity index (χ0) is 13.7. The zero-order valence-corrected chi connectivity index (χ0v) is 11.5. The van der Waals surface area contributed by atoms with Crippen molar-refractivity contribution in [2.75, 3.05) is 0 Å². The van der Waals surface area contributed by atoms with Gasteiger partial charge in [-0.15, -0.1) is 0 Å². The molecule has 7 heteroatoms. The van der Waals surface area contributed by atoms with Crippen molar-refractivity contribution in [1.82, 2.24) is 4.98 Å². The number of aliphatic imine (C=N–C) groups is 1. The highest BCUT2D eigenvalue weighted by Crippen LogP contribution is 2.24. The third kappa shape index (κ3) is 3.84. The first-order valence-electron chi connectivity index (χ1n) is 5.32. The number of rotatable bonds is 4. The summed E-state index contributed by atoms with van der Waals surface area (Å²) < 4.78 is 9.49. The van der Waals surface area contributed by atoms with Gasteiger partial charge in [0.2, 0.25) is 11.9 Å². The van der Waals surface area contributed by atoms with Crippen molar-refractivity contribution in [3.05, 3.63) is 41.4 Å². The fraction of sp³-hybridized carbons (Fsp3) is 0.0833. The van der Waals surface area contributed by atoms with Gasteiger partial charge in [0.1, 0.15) is 0 Å². The summed E-state index contributed by atoms with van der Waals surface area (Å²) in [6.45, 7) is 3.27. The molecule has 2 N–H and O–H groups in total. The minimum atomic E-state index is 0.131. The van der Waals surface area contributed by atoms with E-state index in [0.717, 1.165) is 5.56 Å². The topological polar surface area (TPSA) is 76.8 Å². The van der Waals surface area contributed by atoms with Crippen LogP contribution in [0.5, 0.6) is 0 Å². The molecule has 0 amide bonds. The Morgan fingerprint density at radius 1 is 1.53 bits per heavy atom. The number of nitrogens with zero attached hydrogens (tertiary/aromatic N) is 3. The molecule has 0 saturated carbocycles. The lowest BCUT2D eigenvalue weighted by atomic mass is 10.2. The van der Waals surface area contributed by atoms with Gasteiger partial charge >= 0.3 is 0 Å². The maximum atomic E-state index is 5.92. The number of hydrogen-bond acceptors (Lipinski definition) is 4. The summed E-state index contributed by atoms with van der Waals surface area (Å²) in [6, 6.07) is 7.38. The van der Waals surface area contributed by atoms with E-state index >= 15 is 0 Å². The highest BCUT2D eigenvalue weighted by atomic mass is 35.5. The van der Waals surface area contributed by atoms with E-state index in [4.69, 9.17) is 21.8 Å². The fourth-order valence-electron chi connectivity index (χ4n) is 1.33. The summed E-state index contributed by atoms with van der Waals surface area (Å²) in [7, 11) is 0. The Morgan fingerprint density at radius 3 is 3.11 bits per heavy atom. The summed E-state index contributed by atoms with van der Waals surface area (Å²) in [6.07, 6.45) is 1.65. The molecule has 0 radical (unpaired) electrons. The summed E-state index contributed by atoms with van der Waals surface area (Å²) >= 11 is 7.12. The Labute approximate surface area is 119 Å². The Balaban J connectivity index is 2.05. The molecule has 0 aliphatic heterocycles. The van der Waals surface area contributed by atoms with Gasteiger partial charge in [-0.3, -0.25) is 0 Å². The van der Waals surface area contributed by atoms with Crippen molar-refractivity contribution < 1.29 is 4.42 Å². The number of benzene rings is 1. The van der Waals surface area contributed by atoms with E-state index in [9.17, 15) is 0 Å². The molecular formula is C12H11ClN4OS. The molecule has 0 fully saturated rings. The third-order valence-electron chi connectivity index (χ3n) is 2.17. The molecule has 2 aromatic rings. The fourth-order valence-corrected chi connectivity index (χ4v) is 2.02. The van der Waals surface area contributed by atoms with E-state index in [1.165, 1.54) is 11.9 Å². The molecule has 0 saturated heterocycles. The van der Waals surface area contributed by atoms with Gasteiger partial charge in [0.25, 0.3) is 0 Å². The van der Waals surface area contributed by atoms with Crippen LogP contribution in [0, 0.1) is 0 Å². The van der Waals surface area contributed by atoms with Gasteiger partial charge in [-0.2, -0.15) is 4.40 Å². The predicted octanol–water partition coefficient (Wildman–Crippen LogP) is 3.16. The predicted molar refractivity (Wildman–Crippen MR) is 79.4 cm³/mol. The molecule has 0 bridgehead atoms. The van der Waals surface area contributed by atoms with Crippen molar-refractivity contribution in [2.24, 2.45) is 15.1 Å². The van der Waals surface area contributed by atoms with Crippen molar-refractivity contribution in [3.63, 3.8) is 0 Å². The molecule has 0 aliphatic rings. The van der Waals surface area contributed by atoms with Crippen LogP contribution in [0.3, 0.4) is 0 Å². The van der Waals surface area contributed by atoms with E-state index in [0.29, 0.717) is 22.4 Å². The van der Waals surface area contributed by atoms with Crippen molar-refractivity contribution in [1.29, 1.82) is 0 Å². The molecule has 2 rings (SSSR count). The minimum absolute atomic E-state index is 0.131. The number of nitrogens with two attached hydrogens (primary N) is 1. The second-order valence-electron chi connectivity index (χ2n) is 3.51. The summed E-state index contributed by atoms with van der Waals surface area (Å²) in [5.74, 6) is 1.82. The Kier molecular flexibility index (Phi) is 4.59. The van der Waals surface area contributed by atoms with E-state index < -0.39 is 0 Å². The molecule has 1 aromatic heterocycles. The van der Waals surface area contributed by atoms with Crippen molar-refractivity contribution in [3.8, 4) is 11.3 Å². The van der Waals surface area contributed by atoms with E-state index in [-0.39, 0.29) is 5.96 Å². The highest BCUT2D eigenvalue weighted by Gasteiger charge is 2.06. The molecule has 1 aromatic carbocycles. The molecule has 0 unspecified atom stereocenters. The quantitative estimate of drug-likeness (QED) is 0.534. The molecule has 1 heterocycles. The highest BCUT2D eigenvalue weighted by molar-refractivity contribution is 7.97. The number of halogens is 1. The minimum Gasteiger partial charge on any atom is -0.440 e. The van der Waals surface area contributed by atoms with Crippen LogP contribution in [0.15, 0.2) is 44.3 Å². The molecule has 0 aliphatic carbocycles. The maximum Gasteiger partial charge on any atom is 0.226 e. The lowest BCUT2D eigenvalue weighted by Crippen LogP contribution is -2.05. The van der Waals surface area contributed by atoms with Gasteiger partial charge in [0, 0.05) is 10.6 Å². The van der Waals surface area contributed by atoms with Gasteiger partial charge in [0.05, 0.1) is 11.9 Å². The third-order valence-corrected chi connectivity index (χ3v) is 3.10. The largest absolute Gasteiger partial charge is 0.440 e. The van der Waals surface area contributed by atoms with Gasteiger partial charge in [-0.25, -0.2) is 9.98 Å². The second-order valence-corrected chi connectivity index (χ2v) is 4.68. The molecule has 19 heavy (non-hydrogen) atoms. The molecule has 5 nitrogen and oxygen atoms in total. The van der Waals surface area contributed by atoms with Crippen LogP contribution in [0.2, 0.25) is 5.02 Å². The molecule has 0 spiro atoms. The van der Waals surface area contributed by atoms with E-state index in [1.54, 1.807) is 12.3 Å².